The van der Waals surface area contributed by atoms with Gasteiger partial charge in [0.05, 0.1) is 21.5 Å². The van der Waals surface area contributed by atoms with Crippen LogP contribution in [0.4, 0.5) is 4.79 Å². The van der Waals surface area contributed by atoms with Crippen molar-refractivity contribution in [3.8, 4) is 0 Å². The molecule has 0 radical (unpaired) electrons. The number of aromatic nitrogens is 1. The normalized spacial score (nSPS) is 17.4. The number of carbonyl (C=O) groups is 3. The van der Waals surface area contributed by atoms with E-state index >= 15 is 0 Å². The lowest BCUT2D eigenvalue weighted by Gasteiger charge is -2.16. The van der Waals surface area contributed by atoms with Gasteiger partial charge >= 0.3 is 0 Å². The molecule has 3 amide bonds. The summed E-state index contributed by atoms with van der Waals surface area (Å²) in [6.45, 7) is 1.92. The van der Waals surface area contributed by atoms with E-state index < -0.39 is 0 Å². The van der Waals surface area contributed by atoms with Gasteiger partial charge in [-0.1, -0.05) is 45.2 Å². The van der Waals surface area contributed by atoms with E-state index in [1.807, 2.05) is 33.9 Å². The first-order chi connectivity index (χ1) is 16.8. The van der Waals surface area contributed by atoms with Gasteiger partial charge in [0.2, 0.25) is 5.91 Å². The first kappa shape index (κ1) is 24.4. The molecule has 2 saturated heterocycles. The van der Waals surface area contributed by atoms with Crippen LogP contribution in [0.1, 0.15) is 24.0 Å². The highest BCUT2D eigenvalue weighted by molar-refractivity contribution is 9.10. The number of benzene rings is 2. The van der Waals surface area contributed by atoms with Gasteiger partial charge in [0.1, 0.15) is 6.54 Å². The summed E-state index contributed by atoms with van der Waals surface area (Å²) < 4.78 is 2.80. The Balaban J connectivity index is 1.44. The fourth-order valence-corrected chi connectivity index (χ4v) is 5.86. The minimum absolute atomic E-state index is 0.0795. The van der Waals surface area contributed by atoms with Gasteiger partial charge in [-0.2, -0.15) is 0 Å². The Hall–Kier alpha value is -2.26. The number of likely N-dealkylation sites (tertiary alicyclic amines) is 1. The molecule has 2 aromatic carbocycles. The monoisotopic (exact) mass is 591 g/mol. The molecule has 0 saturated carbocycles. The summed E-state index contributed by atoms with van der Waals surface area (Å²) in [5.41, 5.74) is 2.38. The van der Waals surface area contributed by atoms with Gasteiger partial charge in [0, 0.05) is 40.2 Å². The minimum Gasteiger partial charge on any atom is -0.341 e. The van der Waals surface area contributed by atoms with Crippen LogP contribution in [-0.4, -0.2) is 44.5 Å². The molecule has 6 nitrogen and oxygen atoms in total. The van der Waals surface area contributed by atoms with Crippen molar-refractivity contribution in [1.82, 2.24) is 14.4 Å². The van der Waals surface area contributed by atoms with Gasteiger partial charge in [-0.25, -0.2) is 0 Å². The van der Waals surface area contributed by atoms with Crippen LogP contribution in [0, 0.1) is 0 Å². The second-order valence-corrected chi connectivity index (χ2v) is 11.2. The lowest BCUT2D eigenvalue weighted by atomic mass is 10.1. The summed E-state index contributed by atoms with van der Waals surface area (Å²) in [5.74, 6) is -0.286. The Morgan fingerprint density at radius 2 is 1.83 bits per heavy atom. The number of hydrogen-bond acceptors (Lipinski definition) is 4. The van der Waals surface area contributed by atoms with Crippen molar-refractivity contribution in [2.24, 2.45) is 0 Å². The molecule has 2 aliphatic rings. The Morgan fingerprint density at radius 3 is 2.57 bits per heavy atom. The highest BCUT2D eigenvalue weighted by atomic mass is 79.9. The standard InChI is InChI=1S/C25H20BrCl2N3O3S/c26-17-4-6-21-18(11-17)16(13-30(21)14-23(32)29-7-1-2-8-29)10-22-24(33)31(25(34)35-22)12-15-3-5-19(27)20(28)9-15/h3-6,9-11,13H,1-2,7-8,12,14H2/b22-10-. The van der Waals surface area contributed by atoms with Gasteiger partial charge < -0.3 is 9.47 Å². The maximum absolute atomic E-state index is 13.1. The number of carbonyl (C=O) groups excluding carboxylic acids is 3. The van der Waals surface area contributed by atoms with Crippen molar-refractivity contribution in [2.75, 3.05) is 13.1 Å². The maximum atomic E-state index is 13.1. The molecule has 35 heavy (non-hydrogen) atoms. The molecule has 3 heterocycles. The van der Waals surface area contributed by atoms with Crippen LogP contribution < -0.4 is 0 Å². The van der Waals surface area contributed by atoms with Gasteiger partial charge in [-0.05, 0) is 66.6 Å². The van der Waals surface area contributed by atoms with E-state index in [1.54, 1.807) is 24.3 Å². The highest BCUT2D eigenvalue weighted by Gasteiger charge is 2.35. The second-order valence-electron chi connectivity index (χ2n) is 8.48. The highest BCUT2D eigenvalue weighted by Crippen LogP contribution is 2.36. The van der Waals surface area contributed by atoms with Crippen LogP contribution in [0.5, 0.6) is 0 Å². The smallest absolute Gasteiger partial charge is 0.293 e. The molecule has 0 bridgehead atoms. The molecule has 0 aliphatic carbocycles. The van der Waals surface area contributed by atoms with Crippen LogP contribution in [0.25, 0.3) is 17.0 Å². The molecule has 1 aromatic heterocycles. The molecule has 2 fully saturated rings. The SMILES string of the molecule is O=C(Cn1cc(/C=C2\SC(=O)N(Cc3ccc(Cl)c(Cl)c3)C2=O)c2cc(Br)ccc21)N1CCCC1. The number of thioether (sulfide) groups is 1. The fraction of sp³-hybridized carbons (Fsp3) is 0.240. The first-order valence-electron chi connectivity index (χ1n) is 11.1. The molecule has 0 atom stereocenters. The Bertz CT molecular complexity index is 1400. The van der Waals surface area contributed by atoms with Gasteiger partial charge in [-0.15, -0.1) is 0 Å². The minimum atomic E-state index is -0.366. The number of halogens is 3. The van der Waals surface area contributed by atoms with Crippen molar-refractivity contribution in [3.05, 3.63) is 73.1 Å². The first-order valence-corrected chi connectivity index (χ1v) is 13.4. The van der Waals surface area contributed by atoms with Crippen LogP contribution in [0.15, 0.2) is 52.0 Å². The lowest BCUT2D eigenvalue weighted by molar-refractivity contribution is -0.130. The van der Waals surface area contributed by atoms with Crippen molar-refractivity contribution in [3.63, 3.8) is 0 Å². The fourth-order valence-electron chi connectivity index (χ4n) is 4.35. The number of amides is 3. The zero-order valence-electron chi connectivity index (χ0n) is 18.5. The Morgan fingerprint density at radius 1 is 1.06 bits per heavy atom. The number of fused-ring (bicyclic) bond motifs is 1. The third-order valence-electron chi connectivity index (χ3n) is 6.12. The molecular formula is C25H20BrCl2N3O3S. The second kappa shape index (κ2) is 10.0. The zero-order chi connectivity index (χ0) is 24.7. The van der Waals surface area contributed by atoms with E-state index in [1.165, 1.54) is 4.90 Å². The molecule has 3 aromatic rings. The molecular weight excluding hydrogens is 573 g/mol. The third kappa shape index (κ3) is 5.03. The predicted molar refractivity (Wildman–Crippen MR) is 143 cm³/mol. The zero-order valence-corrected chi connectivity index (χ0v) is 22.4. The van der Waals surface area contributed by atoms with Crippen LogP contribution in [-0.2, 0) is 22.7 Å². The molecule has 180 valence electrons. The van der Waals surface area contributed by atoms with Crippen molar-refractivity contribution in [1.29, 1.82) is 0 Å². The molecule has 5 rings (SSSR count). The van der Waals surface area contributed by atoms with E-state index in [9.17, 15) is 14.4 Å². The number of hydrogen-bond donors (Lipinski definition) is 0. The van der Waals surface area contributed by atoms with Gasteiger partial charge in [0.25, 0.3) is 11.1 Å². The molecule has 2 aliphatic heterocycles. The molecule has 0 spiro atoms. The summed E-state index contributed by atoms with van der Waals surface area (Å²) in [7, 11) is 0. The van der Waals surface area contributed by atoms with Crippen LogP contribution in [0.2, 0.25) is 10.0 Å². The van der Waals surface area contributed by atoms with Gasteiger partial charge in [-0.3, -0.25) is 19.3 Å². The largest absolute Gasteiger partial charge is 0.341 e. The van der Waals surface area contributed by atoms with E-state index in [4.69, 9.17) is 23.2 Å². The maximum Gasteiger partial charge on any atom is 0.293 e. The topological polar surface area (TPSA) is 62.6 Å². The summed E-state index contributed by atoms with van der Waals surface area (Å²) >= 11 is 16.5. The Labute approximate surface area is 225 Å². The lowest BCUT2D eigenvalue weighted by Crippen LogP contribution is -2.30. The van der Waals surface area contributed by atoms with Crippen LogP contribution in [0.3, 0.4) is 0 Å². The third-order valence-corrected chi connectivity index (χ3v) is 8.26. The van der Waals surface area contributed by atoms with Crippen molar-refractivity contribution < 1.29 is 14.4 Å². The number of nitrogens with zero attached hydrogens (tertiary/aromatic N) is 3. The van der Waals surface area contributed by atoms with Crippen molar-refractivity contribution >= 4 is 84.9 Å². The van der Waals surface area contributed by atoms with Crippen LogP contribution >= 0.6 is 50.9 Å². The summed E-state index contributed by atoms with van der Waals surface area (Å²) in [6.07, 6.45) is 5.67. The molecule has 0 unspecified atom stereocenters. The van der Waals surface area contributed by atoms with Gasteiger partial charge in [0.15, 0.2) is 0 Å². The van der Waals surface area contributed by atoms with E-state index in [0.29, 0.717) is 20.5 Å². The summed E-state index contributed by atoms with van der Waals surface area (Å²) in [4.78, 5) is 42.0. The Kier molecular flexibility index (Phi) is 6.99. The summed E-state index contributed by atoms with van der Waals surface area (Å²) in [6, 6.07) is 10.9. The number of imide groups is 1. The average molecular weight is 593 g/mol. The molecule has 0 N–H and O–H groups in total. The van der Waals surface area contributed by atoms with E-state index in [2.05, 4.69) is 15.9 Å². The average Bonchev–Trinajstić information content (AvgIpc) is 3.53. The quantitative estimate of drug-likeness (QED) is 0.314. The molecule has 10 heteroatoms. The van der Waals surface area contributed by atoms with E-state index in [0.717, 1.165) is 58.6 Å². The van der Waals surface area contributed by atoms with Crippen molar-refractivity contribution in [2.45, 2.75) is 25.9 Å². The summed E-state index contributed by atoms with van der Waals surface area (Å²) in [5, 5.41) is 1.33. The number of rotatable bonds is 5. The predicted octanol–water partition coefficient (Wildman–Crippen LogP) is 6.57. The van der Waals surface area contributed by atoms with E-state index in [-0.39, 0.29) is 30.1 Å².